The second-order valence-electron chi connectivity index (χ2n) is 5.98. The zero-order chi connectivity index (χ0) is 14.2. The number of carbonyl (C=O) groups is 1. The van der Waals surface area contributed by atoms with E-state index in [1.165, 1.54) is 11.1 Å². The van der Waals surface area contributed by atoms with Gasteiger partial charge in [0.1, 0.15) is 0 Å². The van der Waals surface area contributed by atoms with Gasteiger partial charge in [-0.1, -0.05) is 30.3 Å². The molecular formula is C18H18N2O. The highest BCUT2D eigenvalue weighted by Gasteiger charge is 2.38. The third-order valence-electron chi connectivity index (χ3n) is 4.73. The minimum atomic E-state index is 0.0749. The first-order valence-electron chi connectivity index (χ1n) is 7.60. The molecule has 1 aliphatic carbocycles. The molecule has 4 rings (SSSR count). The summed E-state index contributed by atoms with van der Waals surface area (Å²) in [7, 11) is 0. The van der Waals surface area contributed by atoms with Crippen molar-refractivity contribution in [2.45, 2.75) is 24.7 Å². The average Bonchev–Trinajstić information content (AvgIpc) is 2.90. The number of aryl methyl sites for hydroxylation is 1. The maximum atomic E-state index is 12.7. The lowest BCUT2D eigenvalue weighted by atomic mass is 9.92. The molecule has 3 heteroatoms. The molecule has 1 aromatic carbocycles. The molecule has 1 atom stereocenters. The van der Waals surface area contributed by atoms with E-state index in [9.17, 15) is 4.79 Å². The maximum Gasteiger partial charge on any atom is 0.230 e. The summed E-state index contributed by atoms with van der Waals surface area (Å²) in [5.74, 6) is 0.782. The zero-order valence-electron chi connectivity index (χ0n) is 11.9. The van der Waals surface area contributed by atoms with E-state index in [4.69, 9.17) is 0 Å². The van der Waals surface area contributed by atoms with Crippen molar-refractivity contribution in [1.29, 1.82) is 0 Å². The predicted molar refractivity (Wildman–Crippen MR) is 81.1 cm³/mol. The molecule has 2 aromatic rings. The quantitative estimate of drug-likeness (QED) is 0.846. The highest BCUT2D eigenvalue weighted by molar-refractivity contribution is 5.85. The van der Waals surface area contributed by atoms with Crippen molar-refractivity contribution in [1.82, 2.24) is 9.88 Å². The number of likely N-dealkylation sites (tertiary alicyclic amines) is 1. The van der Waals surface area contributed by atoms with Gasteiger partial charge in [0.05, 0.1) is 5.92 Å². The molecule has 0 bridgehead atoms. The van der Waals surface area contributed by atoms with Crippen molar-refractivity contribution < 1.29 is 4.79 Å². The van der Waals surface area contributed by atoms with Crippen LogP contribution in [0.1, 0.15) is 35.1 Å². The van der Waals surface area contributed by atoms with Crippen LogP contribution in [-0.2, 0) is 11.2 Å². The van der Waals surface area contributed by atoms with E-state index in [1.54, 1.807) is 0 Å². The number of carbonyl (C=O) groups excluding carboxylic acids is 1. The molecule has 1 aromatic heterocycles. The first kappa shape index (κ1) is 12.6. The van der Waals surface area contributed by atoms with Crippen LogP contribution >= 0.6 is 0 Å². The van der Waals surface area contributed by atoms with Gasteiger partial charge in [-0.25, -0.2) is 0 Å². The molecule has 0 saturated carbocycles. The Balaban J connectivity index is 1.45. The molecule has 1 unspecified atom stereocenters. The van der Waals surface area contributed by atoms with Gasteiger partial charge >= 0.3 is 0 Å². The minimum Gasteiger partial charge on any atom is -0.341 e. The number of hydrogen-bond acceptors (Lipinski definition) is 2. The Morgan fingerprint density at radius 1 is 1.10 bits per heavy atom. The smallest absolute Gasteiger partial charge is 0.230 e. The van der Waals surface area contributed by atoms with Gasteiger partial charge in [0, 0.05) is 30.9 Å². The second kappa shape index (κ2) is 4.99. The summed E-state index contributed by atoms with van der Waals surface area (Å²) in [6.45, 7) is 1.63. The Labute approximate surface area is 124 Å². The highest BCUT2D eigenvalue weighted by Crippen LogP contribution is 2.37. The predicted octanol–water partition coefficient (Wildman–Crippen LogP) is 2.74. The summed E-state index contributed by atoms with van der Waals surface area (Å²) >= 11 is 0. The number of fused-ring (bicyclic) bond motifs is 1. The first-order chi connectivity index (χ1) is 10.3. The number of rotatable bonds is 2. The van der Waals surface area contributed by atoms with Crippen LogP contribution in [0.5, 0.6) is 0 Å². The Morgan fingerprint density at radius 2 is 1.90 bits per heavy atom. The van der Waals surface area contributed by atoms with E-state index in [0.717, 1.165) is 31.6 Å². The fourth-order valence-electron chi connectivity index (χ4n) is 3.50. The lowest BCUT2D eigenvalue weighted by Gasteiger charge is -2.40. The van der Waals surface area contributed by atoms with E-state index in [0.29, 0.717) is 11.8 Å². The van der Waals surface area contributed by atoms with Crippen molar-refractivity contribution in [2.24, 2.45) is 0 Å². The van der Waals surface area contributed by atoms with Crippen LogP contribution in [0, 0.1) is 0 Å². The molecule has 1 saturated heterocycles. The van der Waals surface area contributed by atoms with E-state index in [2.05, 4.69) is 29.2 Å². The number of nitrogens with zero attached hydrogens (tertiary/aromatic N) is 2. The zero-order valence-corrected chi connectivity index (χ0v) is 11.9. The molecule has 0 spiro atoms. The standard InChI is InChI=1S/C18H18N2O/c21-18(16-9-8-13-5-1-2-6-15(13)16)20-11-14(12-20)17-7-3-4-10-19-17/h1-7,10,14,16H,8-9,11-12H2. The summed E-state index contributed by atoms with van der Waals surface area (Å²) in [5, 5.41) is 0. The van der Waals surface area contributed by atoms with Gasteiger partial charge < -0.3 is 4.90 Å². The third kappa shape index (κ3) is 2.13. The van der Waals surface area contributed by atoms with Gasteiger partial charge in [-0.2, -0.15) is 0 Å². The Morgan fingerprint density at radius 3 is 2.71 bits per heavy atom. The number of hydrogen-bond donors (Lipinski definition) is 0. The van der Waals surface area contributed by atoms with Crippen molar-refractivity contribution in [3.8, 4) is 0 Å². The number of pyridine rings is 1. The normalized spacial score (nSPS) is 21.0. The number of benzene rings is 1. The molecular weight excluding hydrogens is 260 g/mol. The van der Waals surface area contributed by atoms with E-state index in [-0.39, 0.29) is 5.92 Å². The molecule has 106 valence electrons. The lowest BCUT2D eigenvalue weighted by Crippen LogP contribution is -2.50. The summed E-state index contributed by atoms with van der Waals surface area (Å²) in [6, 6.07) is 14.4. The monoisotopic (exact) mass is 278 g/mol. The lowest BCUT2D eigenvalue weighted by molar-refractivity contribution is -0.137. The van der Waals surface area contributed by atoms with Crippen molar-refractivity contribution in [3.63, 3.8) is 0 Å². The minimum absolute atomic E-state index is 0.0749. The van der Waals surface area contributed by atoms with E-state index in [1.807, 2.05) is 29.3 Å². The number of amides is 1. The molecule has 1 amide bonds. The van der Waals surface area contributed by atoms with Crippen molar-refractivity contribution in [2.75, 3.05) is 13.1 Å². The van der Waals surface area contributed by atoms with Gasteiger partial charge in [-0.05, 0) is 36.1 Å². The van der Waals surface area contributed by atoms with Crippen molar-refractivity contribution in [3.05, 3.63) is 65.5 Å². The molecule has 2 heterocycles. The molecule has 0 radical (unpaired) electrons. The van der Waals surface area contributed by atoms with Crippen LogP contribution in [0.25, 0.3) is 0 Å². The van der Waals surface area contributed by atoms with Crippen LogP contribution in [0.4, 0.5) is 0 Å². The van der Waals surface area contributed by atoms with Crippen LogP contribution in [-0.4, -0.2) is 28.9 Å². The Kier molecular flexibility index (Phi) is 2.99. The van der Waals surface area contributed by atoms with Gasteiger partial charge in [0.25, 0.3) is 0 Å². The molecule has 1 fully saturated rings. The second-order valence-corrected chi connectivity index (χ2v) is 5.98. The first-order valence-corrected chi connectivity index (χ1v) is 7.60. The average molecular weight is 278 g/mol. The molecule has 2 aliphatic rings. The fraction of sp³-hybridized carbons (Fsp3) is 0.333. The van der Waals surface area contributed by atoms with Gasteiger partial charge in [-0.15, -0.1) is 0 Å². The van der Waals surface area contributed by atoms with Crippen LogP contribution in [0.15, 0.2) is 48.7 Å². The fourth-order valence-corrected chi connectivity index (χ4v) is 3.50. The Hall–Kier alpha value is -2.16. The number of aromatic nitrogens is 1. The van der Waals surface area contributed by atoms with Crippen LogP contribution < -0.4 is 0 Å². The van der Waals surface area contributed by atoms with Crippen LogP contribution in [0.2, 0.25) is 0 Å². The van der Waals surface area contributed by atoms with Crippen LogP contribution in [0.3, 0.4) is 0 Å². The molecule has 21 heavy (non-hydrogen) atoms. The molecule has 0 N–H and O–H groups in total. The van der Waals surface area contributed by atoms with E-state index >= 15 is 0 Å². The topological polar surface area (TPSA) is 33.2 Å². The van der Waals surface area contributed by atoms with Crippen molar-refractivity contribution >= 4 is 5.91 Å². The van der Waals surface area contributed by atoms with Gasteiger partial charge in [-0.3, -0.25) is 9.78 Å². The molecule has 1 aliphatic heterocycles. The van der Waals surface area contributed by atoms with Gasteiger partial charge in [0.2, 0.25) is 5.91 Å². The van der Waals surface area contributed by atoms with Gasteiger partial charge in [0.15, 0.2) is 0 Å². The summed E-state index contributed by atoms with van der Waals surface area (Å²) < 4.78 is 0. The summed E-state index contributed by atoms with van der Waals surface area (Å²) in [5.41, 5.74) is 3.69. The highest BCUT2D eigenvalue weighted by atomic mass is 16.2. The third-order valence-corrected chi connectivity index (χ3v) is 4.73. The summed E-state index contributed by atoms with van der Waals surface area (Å²) in [4.78, 5) is 19.1. The van der Waals surface area contributed by atoms with E-state index < -0.39 is 0 Å². The maximum absolute atomic E-state index is 12.7. The molecule has 3 nitrogen and oxygen atoms in total. The largest absolute Gasteiger partial charge is 0.341 e. The Bertz CT molecular complexity index is 662. The summed E-state index contributed by atoms with van der Waals surface area (Å²) in [6.07, 6.45) is 3.82. The SMILES string of the molecule is O=C(C1CCc2ccccc21)N1CC(c2ccccn2)C1.